The fourth-order valence-electron chi connectivity index (χ4n) is 2.88. The van der Waals surface area contributed by atoms with Gasteiger partial charge in [0.15, 0.2) is 0 Å². The Morgan fingerprint density at radius 1 is 1.44 bits per heavy atom. The summed E-state index contributed by atoms with van der Waals surface area (Å²) in [6.07, 6.45) is 2.41. The molecule has 1 aromatic heterocycles. The fraction of sp³-hybridized carbons (Fsp3) is 0.571. The molecule has 1 fully saturated rings. The molecule has 2 rings (SSSR count). The molecule has 1 aliphatic heterocycles. The van der Waals surface area contributed by atoms with E-state index in [4.69, 9.17) is 18.0 Å². The highest BCUT2D eigenvalue weighted by molar-refractivity contribution is 7.80. The van der Waals surface area contributed by atoms with Crippen LogP contribution in [0.3, 0.4) is 0 Å². The molecule has 2 N–H and O–H groups in total. The second kappa shape index (κ2) is 4.50. The highest BCUT2D eigenvalue weighted by atomic mass is 32.1. The van der Waals surface area contributed by atoms with Gasteiger partial charge < -0.3 is 10.6 Å². The van der Waals surface area contributed by atoms with Crippen LogP contribution in [0.1, 0.15) is 43.6 Å². The molecule has 0 radical (unpaired) electrons. The number of nitrogens with two attached hydrogens (primary N) is 1. The smallest absolute Gasteiger partial charge is 0.107 e. The predicted molar refractivity (Wildman–Crippen MR) is 80.3 cm³/mol. The van der Waals surface area contributed by atoms with Gasteiger partial charge in [-0.05, 0) is 46.6 Å². The van der Waals surface area contributed by atoms with E-state index in [1.165, 1.54) is 12.8 Å². The summed E-state index contributed by atoms with van der Waals surface area (Å²) in [4.78, 5) is 7.34. The van der Waals surface area contributed by atoms with Gasteiger partial charge in [0.25, 0.3) is 0 Å². The van der Waals surface area contributed by atoms with Gasteiger partial charge in [0, 0.05) is 23.5 Å². The SMILES string of the molecule is Cc1cc(N2CCCC2(C)C)c(C(N)=S)c(C)n1. The van der Waals surface area contributed by atoms with Crippen molar-refractivity contribution < 1.29 is 0 Å². The molecular weight excluding hydrogens is 242 g/mol. The molecule has 0 saturated carbocycles. The summed E-state index contributed by atoms with van der Waals surface area (Å²) in [7, 11) is 0. The number of rotatable bonds is 2. The Morgan fingerprint density at radius 2 is 2.11 bits per heavy atom. The molecular formula is C14H21N3S. The number of hydrogen-bond donors (Lipinski definition) is 1. The molecule has 1 aliphatic rings. The van der Waals surface area contributed by atoms with Gasteiger partial charge >= 0.3 is 0 Å². The summed E-state index contributed by atoms with van der Waals surface area (Å²) in [5.41, 5.74) is 10.1. The highest BCUT2D eigenvalue weighted by Gasteiger charge is 2.34. The largest absolute Gasteiger partial charge is 0.389 e. The number of thiocarbonyl (C=S) groups is 1. The van der Waals surface area contributed by atoms with Crippen LogP contribution in [0, 0.1) is 13.8 Å². The van der Waals surface area contributed by atoms with Crippen LogP contribution in [0.15, 0.2) is 6.07 Å². The van der Waals surface area contributed by atoms with E-state index in [0.29, 0.717) is 4.99 Å². The Morgan fingerprint density at radius 3 is 2.61 bits per heavy atom. The van der Waals surface area contributed by atoms with Crippen molar-refractivity contribution in [3.05, 3.63) is 23.0 Å². The minimum Gasteiger partial charge on any atom is -0.389 e. The Labute approximate surface area is 114 Å². The van der Waals surface area contributed by atoms with Crippen LogP contribution in [0.5, 0.6) is 0 Å². The Bertz CT molecular complexity index is 494. The summed E-state index contributed by atoms with van der Waals surface area (Å²) in [5.74, 6) is 0. The van der Waals surface area contributed by atoms with Crippen molar-refractivity contribution in [2.75, 3.05) is 11.4 Å². The number of hydrogen-bond acceptors (Lipinski definition) is 3. The van der Waals surface area contributed by atoms with Crippen LogP contribution in [0.4, 0.5) is 5.69 Å². The molecule has 2 heterocycles. The van der Waals surface area contributed by atoms with Gasteiger partial charge in [0.1, 0.15) is 4.99 Å². The monoisotopic (exact) mass is 263 g/mol. The van der Waals surface area contributed by atoms with E-state index >= 15 is 0 Å². The first-order valence-electron chi connectivity index (χ1n) is 6.38. The second-order valence-electron chi connectivity index (χ2n) is 5.68. The number of aryl methyl sites for hydroxylation is 2. The van der Waals surface area contributed by atoms with Gasteiger partial charge in [0.2, 0.25) is 0 Å². The maximum atomic E-state index is 5.89. The Balaban J connectivity index is 2.59. The zero-order valence-corrected chi connectivity index (χ0v) is 12.4. The Hall–Kier alpha value is -1.16. The van der Waals surface area contributed by atoms with Crippen molar-refractivity contribution in [1.29, 1.82) is 0 Å². The summed E-state index contributed by atoms with van der Waals surface area (Å²) >= 11 is 5.20. The van der Waals surface area contributed by atoms with Gasteiger partial charge in [-0.2, -0.15) is 0 Å². The normalized spacial score (nSPS) is 18.1. The van der Waals surface area contributed by atoms with Crippen molar-refractivity contribution >= 4 is 22.9 Å². The van der Waals surface area contributed by atoms with E-state index in [0.717, 1.165) is 29.2 Å². The average Bonchev–Trinajstić information content (AvgIpc) is 2.55. The lowest BCUT2D eigenvalue weighted by atomic mass is 10.00. The molecule has 0 aromatic carbocycles. The Kier molecular flexibility index (Phi) is 3.32. The van der Waals surface area contributed by atoms with Gasteiger partial charge in [0.05, 0.1) is 11.3 Å². The molecule has 0 unspecified atom stereocenters. The molecule has 0 bridgehead atoms. The van der Waals surface area contributed by atoms with E-state index in [1.54, 1.807) is 0 Å². The fourth-order valence-corrected chi connectivity index (χ4v) is 3.13. The van der Waals surface area contributed by atoms with Crippen LogP contribution in [-0.4, -0.2) is 22.1 Å². The van der Waals surface area contributed by atoms with Gasteiger partial charge in [-0.25, -0.2) is 0 Å². The third-order valence-corrected chi connectivity index (χ3v) is 3.95. The summed E-state index contributed by atoms with van der Waals surface area (Å²) in [6.45, 7) is 9.60. The van der Waals surface area contributed by atoms with Crippen LogP contribution < -0.4 is 10.6 Å². The number of aromatic nitrogens is 1. The predicted octanol–water partition coefficient (Wildman–Crippen LogP) is 2.71. The van der Waals surface area contributed by atoms with Crippen molar-refractivity contribution in [2.24, 2.45) is 5.73 Å². The lowest BCUT2D eigenvalue weighted by Gasteiger charge is -2.35. The van der Waals surface area contributed by atoms with Crippen LogP contribution in [0.2, 0.25) is 0 Å². The van der Waals surface area contributed by atoms with Gasteiger partial charge in [-0.3, -0.25) is 4.98 Å². The lowest BCUT2D eigenvalue weighted by molar-refractivity contribution is 0.517. The summed E-state index contributed by atoms with van der Waals surface area (Å²) in [6, 6.07) is 2.11. The molecule has 0 spiro atoms. The summed E-state index contributed by atoms with van der Waals surface area (Å²) in [5, 5.41) is 0. The zero-order chi connectivity index (χ0) is 13.5. The molecule has 4 heteroatoms. The third kappa shape index (κ3) is 2.21. The quantitative estimate of drug-likeness (QED) is 0.833. The summed E-state index contributed by atoms with van der Waals surface area (Å²) < 4.78 is 0. The minimum absolute atomic E-state index is 0.166. The topological polar surface area (TPSA) is 42.1 Å². The van der Waals surface area contributed by atoms with Crippen LogP contribution in [0.25, 0.3) is 0 Å². The van der Waals surface area contributed by atoms with Gasteiger partial charge in [-0.1, -0.05) is 12.2 Å². The molecule has 98 valence electrons. The molecule has 0 aliphatic carbocycles. The first-order chi connectivity index (χ1) is 8.33. The average molecular weight is 263 g/mol. The highest BCUT2D eigenvalue weighted by Crippen LogP contribution is 2.36. The van der Waals surface area contributed by atoms with Gasteiger partial charge in [-0.15, -0.1) is 0 Å². The maximum Gasteiger partial charge on any atom is 0.107 e. The van der Waals surface area contributed by atoms with Crippen molar-refractivity contribution in [3.8, 4) is 0 Å². The minimum atomic E-state index is 0.166. The van der Waals surface area contributed by atoms with Crippen molar-refractivity contribution in [2.45, 2.75) is 46.1 Å². The standard InChI is InChI=1S/C14H21N3S/c1-9-8-11(12(13(15)18)10(2)16-9)17-7-5-6-14(17,3)4/h8H,5-7H2,1-4H3,(H2,15,18). The number of anilines is 1. The van der Waals surface area contributed by atoms with Crippen LogP contribution >= 0.6 is 12.2 Å². The molecule has 0 amide bonds. The van der Waals surface area contributed by atoms with Crippen molar-refractivity contribution in [1.82, 2.24) is 4.98 Å². The van der Waals surface area contributed by atoms with Crippen molar-refractivity contribution in [3.63, 3.8) is 0 Å². The van der Waals surface area contributed by atoms with E-state index < -0.39 is 0 Å². The molecule has 1 aromatic rings. The molecule has 3 nitrogen and oxygen atoms in total. The third-order valence-electron chi connectivity index (χ3n) is 3.75. The molecule has 0 atom stereocenters. The lowest BCUT2D eigenvalue weighted by Crippen LogP contribution is -2.39. The number of nitrogens with zero attached hydrogens (tertiary/aromatic N) is 2. The number of pyridine rings is 1. The molecule has 1 saturated heterocycles. The molecule has 18 heavy (non-hydrogen) atoms. The van der Waals surface area contributed by atoms with Crippen LogP contribution in [-0.2, 0) is 0 Å². The van der Waals surface area contributed by atoms with E-state index in [9.17, 15) is 0 Å². The first-order valence-corrected chi connectivity index (χ1v) is 6.79. The van der Waals surface area contributed by atoms with E-state index in [1.807, 2.05) is 13.8 Å². The second-order valence-corrected chi connectivity index (χ2v) is 6.11. The van der Waals surface area contributed by atoms with E-state index in [2.05, 4.69) is 29.8 Å². The first kappa shape index (κ1) is 13.3. The maximum absolute atomic E-state index is 5.89. The van der Waals surface area contributed by atoms with E-state index in [-0.39, 0.29) is 5.54 Å². The zero-order valence-electron chi connectivity index (χ0n) is 11.6.